The average Bonchev–Trinajstić information content (AvgIpc) is 3.23. The Balaban J connectivity index is 2.05. The SMILES string of the molecule is CCCCC(Oc1ccccc1)(Oc1ccccc1C#N)c1cscn1. The highest BCUT2D eigenvalue weighted by Crippen LogP contribution is 2.36. The minimum atomic E-state index is -1.08. The van der Waals surface area contributed by atoms with Crippen LogP contribution >= 0.6 is 11.3 Å². The Morgan fingerprint density at radius 2 is 1.85 bits per heavy atom. The number of hydrogen-bond donors (Lipinski definition) is 0. The number of nitrogens with zero attached hydrogens (tertiary/aromatic N) is 2. The van der Waals surface area contributed by atoms with Gasteiger partial charge in [0.1, 0.15) is 23.3 Å². The summed E-state index contributed by atoms with van der Waals surface area (Å²) in [6, 6.07) is 19.0. The number of aromatic nitrogens is 1. The van der Waals surface area contributed by atoms with Crippen LogP contribution in [0.4, 0.5) is 0 Å². The molecule has 0 bridgehead atoms. The number of nitriles is 1. The zero-order valence-electron chi connectivity index (χ0n) is 14.6. The molecule has 3 aromatic rings. The third kappa shape index (κ3) is 4.04. The van der Waals surface area contributed by atoms with Crippen molar-refractivity contribution in [3.8, 4) is 17.6 Å². The molecular formula is C21H20N2O2S. The van der Waals surface area contributed by atoms with E-state index in [1.54, 1.807) is 17.6 Å². The maximum Gasteiger partial charge on any atom is 0.295 e. The number of unbranched alkanes of at least 4 members (excludes halogenated alkanes) is 1. The second-order valence-corrected chi connectivity index (χ2v) is 6.57. The summed E-state index contributed by atoms with van der Waals surface area (Å²) in [6.07, 6.45) is 2.52. The Hall–Kier alpha value is -2.84. The molecule has 132 valence electrons. The lowest BCUT2D eigenvalue weighted by atomic mass is 10.1. The molecule has 0 radical (unpaired) electrons. The molecule has 0 fully saturated rings. The number of ether oxygens (including phenoxy) is 2. The van der Waals surface area contributed by atoms with Gasteiger partial charge in [0, 0.05) is 11.8 Å². The van der Waals surface area contributed by atoms with Gasteiger partial charge in [0.05, 0.1) is 11.1 Å². The second-order valence-electron chi connectivity index (χ2n) is 5.86. The predicted molar refractivity (Wildman–Crippen MR) is 102 cm³/mol. The van der Waals surface area contributed by atoms with Gasteiger partial charge in [0.25, 0.3) is 5.79 Å². The summed E-state index contributed by atoms with van der Waals surface area (Å²) >= 11 is 1.49. The molecule has 0 N–H and O–H groups in total. The van der Waals surface area contributed by atoms with Crippen molar-refractivity contribution >= 4 is 11.3 Å². The highest BCUT2D eigenvalue weighted by Gasteiger charge is 2.39. The van der Waals surface area contributed by atoms with E-state index in [1.807, 2.05) is 47.8 Å². The van der Waals surface area contributed by atoms with Crippen LogP contribution in [-0.2, 0) is 5.79 Å². The summed E-state index contributed by atoms with van der Waals surface area (Å²) in [7, 11) is 0. The summed E-state index contributed by atoms with van der Waals surface area (Å²) < 4.78 is 12.7. The van der Waals surface area contributed by atoms with Crippen molar-refractivity contribution in [2.75, 3.05) is 0 Å². The Morgan fingerprint density at radius 3 is 2.54 bits per heavy atom. The van der Waals surface area contributed by atoms with Gasteiger partial charge >= 0.3 is 0 Å². The van der Waals surface area contributed by atoms with Crippen LogP contribution < -0.4 is 9.47 Å². The molecule has 5 heteroatoms. The third-order valence-corrected chi connectivity index (χ3v) is 4.58. The zero-order valence-corrected chi connectivity index (χ0v) is 15.4. The van der Waals surface area contributed by atoms with E-state index in [0.29, 0.717) is 29.2 Å². The number of hydrogen-bond acceptors (Lipinski definition) is 5. The van der Waals surface area contributed by atoms with Crippen LogP contribution in [0.25, 0.3) is 0 Å². The van der Waals surface area contributed by atoms with E-state index in [0.717, 1.165) is 12.8 Å². The minimum absolute atomic E-state index is 0.472. The molecule has 26 heavy (non-hydrogen) atoms. The van der Waals surface area contributed by atoms with Gasteiger partial charge in [-0.15, -0.1) is 11.3 Å². The maximum absolute atomic E-state index is 9.43. The molecule has 0 aliphatic rings. The lowest BCUT2D eigenvalue weighted by molar-refractivity contribution is -0.132. The van der Waals surface area contributed by atoms with Gasteiger partial charge in [-0.2, -0.15) is 5.26 Å². The molecule has 1 unspecified atom stereocenters. The lowest BCUT2D eigenvalue weighted by Gasteiger charge is -2.33. The van der Waals surface area contributed by atoms with E-state index in [2.05, 4.69) is 18.0 Å². The summed E-state index contributed by atoms with van der Waals surface area (Å²) in [4.78, 5) is 4.48. The second kappa shape index (κ2) is 8.50. The molecule has 0 amide bonds. The number of para-hydroxylation sites is 2. The molecule has 0 spiro atoms. The van der Waals surface area contributed by atoms with E-state index >= 15 is 0 Å². The first kappa shape index (κ1) is 18.0. The molecule has 3 rings (SSSR count). The molecule has 1 aromatic heterocycles. The van der Waals surface area contributed by atoms with Crippen LogP contribution in [-0.4, -0.2) is 4.98 Å². The van der Waals surface area contributed by atoms with Crippen LogP contribution in [0.15, 0.2) is 65.5 Å². The van der Waals surface area contributed by atoms with E-state index in [-0.39, 0.29) is 0 Å². The highest BCUT2D eigenvalue weighted by molar-refractivity contribution is 7.07. The Bertz CT molecular complexity index is 859. The molecule has 0 saturated carbocycles. The van der Waals surface area contributed by atoms with Crippen molar-refractivity contribution in [2.45, 2.75) is 32.0 Å². The summed E-state index contributed by atoms with van der Waals surface area (Å²) in [5.74, 6) is 0.116. The first-order valence-corrected chi connectivity index (χ1v) is 9.52. The largest absolute Gasteiger partial charge is 0.447 e. The predicted octanol–water partition coefficient (Wildman–Crippen LogP) is 5.52. The van der Waals surface area contributed by atoms with E-state index in [9.17, 15) is 5.26 Å². The topological polar surface area (TPSA) is 55.1 Å². The maximum atomic E-state index is 9.43. The monoisotopic (exact) mass is 364 g/mol. The van der Waals surface area contributed by atoms with Crippen molar-refractivity contribution in [3.05, 3.63) is 76.7 Å². The van der Waals surface area contributed by atoms with Gasteiger partial charge in [-0.25, -0.2) is 4.98 Å². The number of rotatable bonds is 8. The summed E-state index contributed by atoms with van der Waals surface area (Å²) in [5.41, 5.74) is 2.96. The van der Waals surface area contributed by atoms with Crippen LogP contribution in [0, 0.1) is 11.3 Å². The fraction of sp³-hybridized carbons (Fsp3) is 0.238. The van der Waals surface area contributed by atoms with Gasteiger partial charge in [-0.1, -0.05) is 43.7 Å². The van der Waals surface area contributed by atoms with Crippen LogP contribution in [0.2, 0.25) is 0 Å². The van der Waals surface area contributed by atoms with Crippen LogP contribution in [0.1, 0.15) is 37.4 Å². The molecule has 4 nitrogen and oxygen atoms in total. The number of thiazole rings is 1. The molecule has 0 saturated heterocycles. The number of benzene rings is 2. The average molecular weight is 364 g/mol. The molecule has 2 aromatic carbocycles. The van der Waals surface area contributed by atoms with Gasteiger partial charge in [0.2, 0.25) is 0 Å². The first-order valence-electron chi connectivity index (χ1n) is 8.58. The Morgan fingerprint density at radius 1 is 1.08 bits per heavy atom. The molecule has 1 heterocycles. The van der Waals surface area contributed by atoms with E-state index in [4.69, 9.17) is 9.47 Å². The van der Waals surface area contributed by atoms with Crippen molar-refractivity contribution in [3.63, 3.8) is 0 Å². The Kier molecular flexibility index (Phi) is 5.88. The van der Waals surface area contributed by atoms with Crippen LogP contribution in [0.3, 0.4) is 0 Å². The summed E-state index contributed by atoms with van der Waals surface area (Å²) in [6.45, 7) is 2.12. The summed E-state index contributed by atoms with van der Waals surface area (Å²) in [5, 5.41) is 11.4. The lowest BCUT2D eigenvalue weighted by Crippen LogP contribution is -2.40. The van der Waals surface area contributed by atoms with Gasteiger partial charge < -0.3 is 9.47 Å². The van der Waals surface area contributed by atoms with Crippen molar-refractivity contribution in [1.82, 2.24) is 4.98 Å². The fourth-order valence-corrected chi connectivity index (χ4v) is 3.27. The fourth-order valence-electron chi connectivity index (χ4n) is 2.67. The first-order chi connectivity index (χ1) is 12.8. The normalized spacial score (nSPS) is 12.8. The van der Waals surface area contributed by atoms with Crippen molar-refractivity contribution in [1.29, 1.82) is 5.26 Å². The van der Waals surface area contributed by atoms with Gasteiger partial charge in [-0.05, 0) is 30.7 Å². The smallest absolute Gasteiger partial charge is 0.295 e. The molecule has 0 aliphatic heterocycles. The standard InChI is InChI=1S/C21H20N2O2S/c1-2-3-13-21(20-15-26-16-23-20,24-18-10-5-4-6-11-18)25-19-12-8-7-9-17(19)14-22/h4-12,15-16H,2-3,13H2,1H3. The van der Waals surface area contributed by atoms with E-state index < -0.39 is 5.79 Å². The molecule has 0 aliphatic carbocycles. The molecule has 1 atom stereocenters. The van der Waals surface area contributed by atoms with Crippen LogP contribution in [0.5, 0.6) is 11.5 Å². The highest BCUT2D eigenvalue weighted by atomic mass is 32.1. The minimum Gasteiger partial charge on any atom is -0.447 e. The van der Waals surface area contributed by atoms with Gasteiger partial charge in [-0.3, -0.25) is 0 Å². The van der Waals surface area contributed by atoms with Crippen molar-refractivity contribution in [2.24, 2.45) is 0 Å². The van der Waals surface area contributed by atoms with E-state index in [1.165, 1.54) is 11.3 Å². The zero-order chi connectivity index (χ0) is 18.2. The quantitative estimate of drug-likeness (QED) is 0.494. The third-order valence-electron chi connectivity index (χ3n) is 3.99. The van der Waals surface area contributed by atoms with Gasteiger partial charge in [0.15, 0.2) is 0 Å². The molecular weight excluding hydrogens is 344 g/mol. The van der Waals surface area contributed by atoms with Crippen molar-refractivity contribution < 1.29 is 9.47 Å². The Labute approximate surface area is 157 Å².